The van der Waals surface area contributed by atoms with E-state index in [1.807, 2.05) is 54.6 Å². The Bertz CT molecular complexity index is 993. The minimum atomic E-state index is -0.760. The Balaban J connectivity index is 1.50. The van der Waals surface area contributed by atoms with Crippen molar-refractivity contribution in [2.45, 2.75) is 81.4 Å². The van der Waals surface area contributed by atoms with E-state index in [9.17, 15) is 14.7 Å². The highest BCUT2D eigenvalue weighted by Gasteiger charge is 2.56. The number of carbonyl (C=O) groups is 2. The maximum absolute atomic E-state index is 13.9. The number of fused-ring (bicyclic) bond motifs is 1. The van der Waals surface area contributed by atoms with Crippen LogP contribution in [0, 0.1) is 0 Å². The van der Waals surface area contributed by atoms with Crippen LogP contribution in [0.3, 0.4) is 0 Å². The predicted octanol–water partition coefficient (Wildman–Crippen LogP) is 4.72. The van der Waals surface area contributed by atoms with E-state index in [1.54, 1.807) is 0 Å². The van der Waals surface area contributed by atoms with Gasteiger partial charge < -0.3 is 15.3 Å². The maximum atomic E-state index is 13.9. The molecule has 1 spiro atoms. The molecule has 174 valence electrons. The number of aliphatic hydroxyl groups excluding tert-OH is 1. The van der Waals surface area contributed by atoms with Crippen LogP contribution in [0.25, 0.3) is 0 Å². The lowest BCUT2D eigenvalue weighted by molar-refractivity contribution is -0.128. The number of rotatable bonds is 5. The third kappa shape index (κ3) is 3.97. The van der Waals surface area contributed by atoms with Crippen LogP contribution in [0.2, 0.25) is 0 Å². The monoisotopic (exact) mass is 446 g/mol. The first-order valence-corrected chi connectivity index (χ1v) is 12.5. The standard InChI is InChI=1S/C28H34N2O3/c31-24(20-11-3-1-4-12-20)19-29-26(32)25-22-15-7-8-16-23(22)27(33)30(21-13-5-6-14-21)28(25)17-9-2-10-18-28/h1,3-4,7-8,11-12,15-16,21,24-25,31H,2,5-6,9-10,13-14,17-19H2,(H,29,32). The molecule has 2 aromatic carbocycles. The molecule has 2 unspecified atom stereocenters. The van der Waals surface area contributed by atoms with E-state index in [1.165, 1.54) is 0 Å². The van der Waals surface area contributed by atoms with Gasteiger partial charge in [0.25, 0.3) is 5.91 Å². The van der Waals surface area contributed by atoms with Crippen molar-refractivity contribution in [3.8, 4) is 0 Å². The van der Waals surface area contributed by atoms with Crippen LogP contribution in [0.4, 0.5) is 0 Å². The number of carbonyl (C=O) groups excluding carboxylic acids is 2. The summed E-state index contributed by atoms with van der Waals surface area (Å²) in [7, 11) is 0. The third-order valence-electron chi connectivity index (χ3n) is 8.06. The molecule has 0 aromatic heterocycles. The van der Waals surface area contributed by atoms with E-state index in [0.29, 0.717) is 5.56 Å². The third-order valence-corrected chi connectivity index (χ3v) is 8.06. The molecule has 5 nitrogen and oxygen atoms in total. The first kappa shape index (κ1) is 22.1. The number of aliphatic hydroxyl groups is 1. The van der Waals surface area contributed by atoms with Crippen molar-refractivity contribution in [3.63, 3.8) is 0 Å². The maximum Gasteiger partial charge on any atom is 0.254 e. The van der Waals surface area contributed by atoms with Gasteiger partial charge in [-0.3, -0.25) is 9.59 Å². The molecule has 33 heavy (non-hydrogen) atoms. The molecule has 2 N–H and O–H groups in total. The fourth-order valence-electron chi connectivity index (χ4n) is 6.57. The zero-order valence-electron chi connectivity index (χ0n) is 19.2. The van der Waals surface area contributed by atoms with E-state index in [-0.39, 0.29) is 24.4 Å². The van der Waals surface area contributed by atoms with Crippen molar-refractivity contribution < 1.29 is 14.7 Å². The molecule has 2 atom stereocenters. The van der Waals surface area contributed by atoms with Crippen molar-refractivity contribution >= 4 is 11.8 Å². The molecule has 3 aliphatic rings. The molecule has 2 aromatic rings. The van der Waals surface area contributed by atoms with Gasteiger partial charge in [-0.15, -0.1) is 0 Å². The summed E-state index contributed by atoms with van der Waals surface area (Å²) in [5.74, 6) is -0.377. The molecule has 2 fully saturated rings. The van der Waals surface area contributed by atoms with Crippen LogP contribution in [0.15, 0.2) is 54.6 Å². The van der Waals surface area contributed by atoms with E-state index < -0.39 is 17.6 Å². The largest absolute Gasteiger partial charge is 0.387 e. The second-order valence-electron chi connectivity index (χ2n) is 9.97. The quantitative estimate of drug-likeness (QED) is 0.698. The summed E-state index contributed by atoms with van der Waals surface area (Å²) in [4.78, 5) is 29.9. The van der Waals surface area contributed by atoms with Crippen molar-refractivity contribution in [2.24, 2.45) is 0 Å². The van der Waals surface area contributed by atoms with Crippen LogP contribution in [-0.2, 0) is 4.79 Å². The molecule has 1 aliphatic heterocycles. The topological polar surface area (TPSA) is 69.6 Å². The van der Waals surface area contributed by atoms with Crippen molar-refractivity contribution in [1.82, 2.24) is 10.2 Å². The minimum absolute atomic E-state index is 0.0742. The van der Waals surface area contributed by atoms with Gasteiger partial charge in [0.15, 0.2) is 0 Å². The van der Waals surface area contributed by atoms with Gasteiger partial charge in [0.2, 0.25) is 5.91 Å². The van der Waals surface area contributed by atoms with Gasteiger partial charge >= 0.3 is 0 Å². The Morgan fingerprint density at radius 1 is 0.970 bits per heavy atom. The number of nitrogens with zero attached hydrogens (tertiary/aromatic N) is 1. The molecule has 1 heterocycles. The predicted molar refractivity (Wildman–Crippen MR) is 128 cm³/mol. The summed E-state index contributed by atoms with van der Waals surface area (Å²) in [5, 5.41) is 13.7. The lowest BCUT2D eigenvalue weighted by Gasteiger charge is -2.56. The number of nitrogens with one attached hydrogen (secondary N) is 1. The van der Waals surface area contributed by atoms with Gasteiger partial charge in [-0.2, -0.15) is 0 Å². The molecule has 0 saturated heterocycles. The molecular weight excluding hydrogens is 412 g/mol. The highest BCUT2D eigenvalue weighted by atomic mass is 16.3. The average Bonchev–Trinajstić information content (AvgIpc) is 3.38. The summed E-state index contributed by atoms with van der Waals surface area (Å²) in [6.07, 6.45) is 8.53. The van der Waals surface area contributed by atoms with Gasteiger partial charge in [0.1, 0.15) is 0 Å². The summed E-state index contributed by atoms with van der Waals surface area (Å²) < 4.78 is 0. The number of benzene rings is 2. The Kier molecular flexibility index (Phi) is 6.24. The first-order chi connectivity index (χ1) is 16.1. The average molecular weight is 447 g/mol. The van der Waals surface area contributed by atoms with Crippen LogP contribution in [-0.4, -0.2) is 39.9 Å². The fraction of sp³-hybridized carbons (Fsp3) is 0.500. The minimum Gasteiger partial charge on any atom is -0.387 e. The molecule has 2 saturated carbocycles. The van der Waals surface area contributed by atoms with Crippen molar-refractivity contribution in [3.05, 3.63) is 71.3 Å². The van der Waals surface area contributed by atoms with E-state index in [0.717, 1.165) is 68.9 Å². The van der Waals surface area contributed by atoms with Gasteiger partial charge in [-0.25, -0.2) is 0 Å². The molecular formula is C28H34N2O3. The Morgan fingerprint density at radius 2 is 1.64 bits per heavy atom. The van der Waals surface area contributed by atoms with Gasteiger partial charge in [-0.05, 0) is 42.9 Å². The molecule has 0 radical (unpaired) electrons. The summed E-state index contributed by atoms with van der Waals surface area (Å²) >= 11 is 0. The van der Waals surface area contributed by atoms with Crippen LogP contribution in [0.5, 0.6) is 0 Å². The normalized spacial score (nSPS) is 23.4. The van der Waals surface area contributed by atoms with E-state index in [2.05, 4.69) is 10.2 Å². The zero-order valence-corrected chi connectivity index (χ0v) is 19.2. The summed E-state index contributed by atoms with van der Waals surface area (Å²) in [6.45, 7) is 0.162. The molecule has 5 heteroatoms. The summed E-state index contributed by atoms with van der Waals surface area (Å²) in [6, 6.07) is 17.3. The molecule has 0 bridgehead atoms. The smallest absolute Gasteiger partial charge is 0.254 e. The Morgan fingerprint density at radius 3 is 2.36 bits per heavy atom. The SMILES string of the molecule is O=C(NCC(O)c1ccccc1)C1c2ccccc2C(=O)N(C2CCCC2)C12CCCCC2. The molecule has 2 aliphatic carbocycles. The number of amides is 2. The zero-order chi connectivity index (χ0) is 22.8. The lowest BCUT2D eigenvalue weighted by Crippen LogP contribution is -2.65. The van der Waals surface area contributed by atoms with E-state index >= 15 is 0 Å². The van der Waals surface area contributed by atoms with Crippen LogP contribution >= 0.6 is 0 Å². The lowest BCUT2D eigenvalue weighted by atomic mass is 9.64. The highest BCUT2D eigenvalue weighted by Crippen LogP contribution is 2.51. The fourth-order valence-corrected chi connectivity index (χ4v) is 6.57. The van der Waals surface area contributed by atoms with E-state index in [4.69, 9.17) is 0 Å². The van der Waals surface area contributed by atoms with Crippen LogP contribution < -0.4 is 5.32 Å². The Hall–Kier alpha value is -2.66. The van der Waals surface area contributed by atoms with Gasteiger partial charge in [-0.1, -0.05) is 80.6 Å². The highest BCUT2D eigenvalue weighted by molar-refractivity contribution is 6.02. The first-order valence-electron chi connectivity index (χ1n) is 12.5. The van der Waals surface area contributed by atoms with Crippen LogP contribution in [0.1, 0.15) is 91.3 Å². The second-order valence-corrected chi connectivity index (χ2v) is 9.97. The molecule has 2 amide bonds. The van der Waals surface area contributed by atoms with Gasteiger partial charge in [0.05, 0.1) is 17.6 Å². The summed E-state index contributed by atoms with van der Waals surface area (Å²) in [5.41, 5.74) is 1.84. The molecule has 5 rings (SSSR count). The second kappa shape index (κ2) is 9.30. The van der Waals surface area contributed by atoms with Gasteiger partial charge in [0, 0.05) is 18.2 Å². The number of hydrogen-bond acceptors (Lipinski definition) is 3. The number of hydrogen-bond donors (Lipinski definition) is 2. The van der Waals surface area contributed by atoms with Crippen molar-refractivity contribution in [1.29, 1.82) is 0 Å². The Labute approximate surface area is 196 Å². The van der Waals surface area contributed by atoms with Crippen molar-refractivity contribution in [2.75, 3.05) is 6.54 Å².